The molecule has 0 bridgehead atoms. The number of fused-ring (bicyclic) bond motifs is 1. The number of hydrogen-bond donors (Lipinski definition) is 1. The van der Waals surface area contributed by atoms with Gasteiger partial charge in [0.15, 0.2) is 0 Å². The highest BCUT2D eigenvalue weighted by atomic mass is 16.2. The van der Waals surface area contributed by atoms with Crippen LogP contribution < -0.4 is 10.2 Å². The second-order valence-electron chi connectivity index (χ2n) is 6.62. The van der Waals surface area contributed by atoms with Crippen molar-refractivity contribution in [2.75, 3.05) is 36.4 Å². The van der Waals surface area contributed by atoms with Gasteiger partial charge >= 0.3 is 6.03 Å². The highest BCUT2D eigenvalue weighted by Crippen LogP contribution is 2.28. The zero-order valence-electron chi connectivity index (χ0n) is 14.3. The maximum Gasteiger partial charge on any atom is 0.321 e. The molecule has 1 aromatic heterocycles. The molecule has 2 amide bonds. The Kier molecular flexibility index (Phi) is 4.50. The molecule has 130 valence electrons. The average molecular weight is 337 g/mol. The Morgan fingerprint density at radius 3 is 2.68 bits per heavy atom. The number of anilines is 2. The van der Waals surface area contributed by atoms with Crippen molar-refractivity contribution in [1.29, 1.82) is 0 Å². The summed E-state index contributed by atoms with van der Waals surface area (Å²) < 4.78 is 0. The molecule has 2 heterocycles. The number of amides is 2. The van der Waals surface area contributed by atoms with E-state index in [2.05, 4.69) is 26.3 Å². The van der Waals surface area contributed by atoms with Crippen LogP contribution >= 0.6 is 0 Å². The summed E-state index contributed by atoms with van der Waals surface area (Å²) in [6, 6.07) is 6.26. The molecule has 4 rings (SSSR count). The van der Waals surface area contributed by atoms with E-state index in [0.717, 1.165) is 37.4 Å². The lowest BCUT2D eigenvalue weighted by Gasteiger charge is -2.35. The van der Waals surface area contributed by atoms with Gasteiger partial charge in [-0.3, -0.25) is 4.98 Å². The van der Waals surface area contributed by atoms with Crippen LogP contribution in [0.5, 0.6) is 0 Å². The summed E-state index contributed by atoms with van der Waals surface area (Å²) in [7, 11) is 0. The quantitative estimate of drug-likeness (QED) is 0.915. The fourth-order valence-electron chi connectivity index (χ4n) is 3.69. The van der Waals surface area contributed by atoms with Gasteiger partial charge in [-0.15, -0.1) is 0 Å². The number of rotatable bonds is 2. The highest BCUT2D eigenvalue weighted by molar-refractivity contribution is 5.90. The second kappa shape index (κ2) is 7.09. The number of hydrogen-bond acceptors (Lipinski definition) is 4. The van der Waals surface area contributed by atoms with E-state index in [4.69, 9.17) is 0 Å². The molecule has 1 saturated heterocycles. The van der Waals surface area contributed by atoms with Gasteiger partial charge in [0.2, 0.25) is 0 Å². The Labute approximate surface area is 147 Å². The van der Waals surface area contributed by atoms with Crippen LogP contribution in [0.2, 0.25) is 0 Å². The molecule has 2 aromatic rings. The van der Waals surface area contributed by atoms with Gasteiger partial charge in [-0.1, -0.05) is 12.1 Å². The molecule has 0 spiro atoms. The monoisotopic (exact) mass is 337 g/mol. The van der Waals surface area contributed by atoms with Crippen LogP contribution in [0.1, 0.15) is 24.0 Å². The minimum absolute atomic E-state index is 0.00207. The normalized spacial score (nSPS) is 17.1. The summed E-state index contributed by atoms with van der Waals surface area (Å²) in [6.45, 7) is 2.94. The third-order valence-corrected chi connectivity index (χ3v) is 5.08. The smallest absolute Gasteiger partial charge is 0.321 e. The van der Waals surface area contributed by atoms with Crippen LogP contribution in [-0.2, 0) is 12.8 Å². The summed E-state index contributed by atoms with van der Waals surface area (Å²) >= 11 is 0. The molecule has 25 heavy (non-hydrogen) atoms. The maximum absolute atomic E-state index is 12.7. The van der Waals surface area contributed by atoms with Crippen LogP contribution in [0.4, 0.5) is 16.3 Å². The van der Waals surface area contributed by atoms with Gasteiger partial charge in [-0.25, -0.2) is 9.78 Å². The Morgan fingerprint density at radius 2 is 1.88 bits per heavy atom. The number of nitrogens with one attached hydrogen (secondary N) is 1. The molecule has 1 N–H and O–H groups in total. The molecule has 1 aromatic carbocycles. The van der Waals surface area contributed by atoms with E-state index in [9.17, 15) is 4.79 Å². The summed E-state index contributed by atoms with van der Waals surface area (Å²) in [5.74, 6) is 0.875. The van der Waals surface area contributed by atoms with Crippen molar-refractivity contribution in [2.24, 2.45) is 0 Å². The third-order valence-electron chi connectivity index (χ3n) is 5.08. The fourth-order valence-corrected chi connectivity index (χ4v) is 3.69. The first-order valence-electron chi connectivity index (χ1n) is 8.99. The molecule has 0 radical (unpaired) electrons. The van der Waals surface area contributed by atoms with E-state index >= 15 is 0 Å². The summed E-state index contributed by atoms with van der Waals surface area (Å²) in [6.07, 6.45) is 9.78. The van der Waals surface area contributed by atoms with Gasteiger partial charge in [0.25, 0.3) is 0 Å². The number of piperazine rings is 1. The van der Waals surface area contributed by atoms with E-state index in [1.165, 1.54) is 24.0 Å². The van der Waals surface area contributed by atoms with Gasteiger partial charge in [0.05, 0.1) is 6.20 Å². The molecular weight excluding hydrogens is 314 g/mol. The molecule has 0 atom stereocenters. The molecule has 6 nitrogen and oxygen atoms in total. The van der Waals surface area contributed by atoms with Crippen molar-refractivity contribution in [1.82, 2.24) is 14.9 Å². The topological polar surface area (TPSA) is 61.4 Å². The highest BCUT2D eigenvalue weighted by Gasteiger charge is 2.23. The van der Waals surface area contributed by atoms with E-state index in [1.54, 1.807) is 18.6 Å². The lowest BCUT2D eigenvalue weighted by Crippen LogP contribution is -2.50. The molecule has 1 aliphatic carbocycles. The number of aromatic nitrogens is 2. The molecule has 1 aliphatic heterocycles. The molecule has 1 fully saturated rings. The van der Waals surface area contributed by atoms with Crippen molar-refractivity contribution in [3.8, 4) is 0 Å². The van der Waals surface area contributed by atoms with E-state index in [-0.39, 0.29) is 6.03 Å². The first kappa shape index (κ1) is 15.9. The SMILES string of the molecule is O=C(Nc1cccc2c1CCCC2)N1CCN(c2cnccn2)CC1. The summed E-state index contributed by atoms with van der Waals surface area (Å²) in [5, 5.41) is 3.13. The van der Waals surface area contributed by atoms with Crippen LogP contribution in [0.3, 0.4) is 0 Å². The average Bonchev–Trinajstić information content (AvgIpc) is 2.69. The first-order valence-corrected chi connectivity index (χ1v) is 8.99. The van der Waals surface area contributed by atoms with Crippen molar-refractivity contribution >= 4 is 17.5 Å². The number of aryl methyl sites for hydroxylation is 1. The van der Waals surface area contributed by atoms with Gasteiger partial charge in [0, 0.05) is 44.3 Å². The minimum atomic E-state index is -0.00207. The molecule has 2 aliphatic rings. The Balaban J connectivity index is 1.38. The predicted octanol–water partition coefficient (Wildman–Crippen LogP) is 2.71. The zero-order chi connectivity index (χ0) is 17.1. The Morgan fingerprint density at radius 1 is 1.04 bits per heavy atom. The largest absolute Gasteiger partial charge is 0.352 e. The van der Waals surface area contributed by atoms with Gasteiger partial charge < -0.3 is 15.1 Å². The van der Waals surface area contributed by atoms with Crippen molar-refractivity contribution < 1.29 is 4.79 Å². The molecular formula is C19H23N5O. The third kappa shape index (κ3) is 3.43. The first-order chi connectivity index (χ1) is 12.3. The number of nitrogens with zero attached hydrogens (tertiary/aromatic N) is 4. The van der Waals surface area contributed by atoms with Crippen molar-refractivity contribution in [3.05, 3.63) is 47.9 Å². The van der Waals surface area contributed by atoms with Crippen LogP contribution in [0.15, 0.2) is 36.8 Å². The lowest BCUT2D eigenvalue weighted by atomic mass is 9.90. The predicted molar refractivity (Wildman–Crippen MR) is 97.9 cm³/mol. The van der Waals surface area contributed by atoms with Gasteiger partial charge in [-0.05, 0) is 42.9 Å². The number of carbonyl (C=O) groups excluding carboxylic acids is 1. The van der Waals surface area contributed by atoms with Crippen LogP contribution in [0.25, 0.3) is 0 Å². The van der Waals surface area contributed by atoms with E-state index < -0.39 is 0 Å². The zero-order valence-corrected chi connectivity index (χ0v) is 14.3. The fraction of sp³-hybridized carbons (Fsp3) is 0.421. The second-order valence-corrected chi connectivity index (χ2v) is 6.62. The maximum atomic E-state index is 12.7. The van der Waals surface area contributed by atoms with Crippen molar-refractivity contribution in [3.63, 3.8) is 0 Å². The number of urea groups is 1. The molecule has 6 heteroatoms. The van der Waals surface area contributed by atoms with Gasteiger partial charge in [0.1, 0.15) is 5.82 Å². The summed E-state index contributed by atoms with van der Waals surface area (Å²) in [5.41, 5.74) is 3.69. The molecule has 0 saturated carbocycles. The lowest BCUT2D eigenvalue weighted by molar-refractivity contribution is 0.208. The van der Waals surface area contributed by atoms with E-state index in [0.29, 0.717) is 13.1 Å². The minimum Gasteiger partial charge on any atom is -0.352 e. The van der Waals surface area contributed by atoms with Crippen LogP contribution in [-0.4, -0.2) is 47.1 Å². The number of carbonyl (C=O) groups is 1. The Hall–Kier alpha value is -2.63. The summed E-state index contributed by atoms with van der Waals surface area (Å²) in [4.78, 5) is 25.2. The standard InChI is InChI=1S/C19H23N5O/c25-19(22-17-7-3-5-15-4-1-2-6-16(15)17)24-12-10-23(11-13-24)18-14-20-8-9-21-18/h3,5,7-9,14H,1-2,4,6,10-13H2,(H,22,25). The van der Waals surface area contributed by atoms with Crippen molar-refractivity contribution in [2.45, 2.75) is 25.7 Å². The Bertz CT molecular complexity index is 741. The number of benzene rings is 1. The van der Waals surface area contributed by atoms with Crippen LogP contribution in [0, 0.1) is 0 Å². The molecule has 0 unspecified atom stereocenters. The van der Waals surface area contributed by atoms with E-state index in [1.807, 2.05) is 17.0 Å². The van der Waals surface area contributed by atoms with Gasteiger partial charge in [-0.2, -0.15) is 0 Å².